The van der Waals surface area contributed by atoms with E-state index >= 15 is 0 Å². The first-order valence-electron chi connectivity index (χ1n) is 9.50. The molecule has 1 fully saturated rings. The first kappa shape index (κ1) is 19.0. The topological polar surface area (TPSA) is 59.9 Å². The predicted octanol–water partition coefficient (Wildman–Crippen LogP) is 4.44. The molecule has 0 heterocycles. The molecule has 1 aliphatic carbocycles. The van der Waals surface area contributed by atoms with Gasteiger partial charge in [-0.2, -0.15) is 5.10 Å². The molecule has 2 aromatic carbocycles. The molecule has 1 aliphatic rings. The highest BCUT2D eigenvalue weighted by molar-refractivity contribution is 5.98. The molecule has 3 rings (SSSR count). The second-order valence-electron chi connectivity index (χ2n) is 6.70. The van der Waals surface area contributed by atoms with Gasteiger partial charge in [0.15, 0.2) is 0 Å². The molecule has 142 valence electrons. The Hall–Kier alpha value is -2.82. The lowest BCUT2D eigenvalue weighted by Crippen LogP contribution is -2.24. The number of ether oxygens (including phenoxy) is 2. The minimum absolute atomic E-state index is 0.250. The molecule has 2 aromatic rings. The average molecular weight is 366 g/mol. The summed E-state index contributed by atoms with van der Waals surface area (Å²) >= 11 is 0. The van der Waals surface area contributed by atoms with Crippen LogP contribution in [-0.2, 0) is 0 Å². The fourth-order valence-electron chi connectivity index (χ4n) is 3.13. The summed E-state index contributed by atoms with van der Waals surface area (Å²) in [6.45, 7) is 2.92. The van der Waals surface area contributed by atoms with Crippen LogP contribution in [0.5, 0.6) is 11.5 Å². The SMILES string of the molecule is C[C@@H]1CCCC/C1=N/NC(=O)c1ccccc1OCCOc1ccccc1. The van der Waals surface area contributed by atoms with E-state index < -0.39 is 0 Å². The van der Waals surface area contributed by atoms with Gasteiger partial charge in [-0.1, -0.05) is 43.7 Å². The van der Waals surface area contributed by atoms with Crippen LogP contribution < -0.4 is 14.9 Å². The van der Waals surface area contributed by atoms with Crippen LogP contribution in [0.2, 0.25) is 0 Å². The van der Waals surface area contributed by atoms with Gasteiger partial charge in [0, 0.05) is 5.71 Å². The van der Waals surface area contributed by atoms with Crippen molar-refractivity contribution in [3.8, 4) is 11.5 Å². The third-order valence-electron chi connectivity index (χ3n) is 4.67. The maximum Gasteiger partial charge on any atom is 0.275 e. The van der Waals surface area contributed by atoms with Crippen LogP contribution in [0, 0.1) is 5.92 Å². The number of amides is 1. The lowest BCUT2D eigenvalue weighted by Gasteiger charge is -2.20. The lowest BCUT2D eigenvalue weighted by molar-refractivity contribution is 0.0949. The second-order valence-corrected chi connectivity index (χ2v) is 6.70. The molecule has 5 nitrogen and oxygen atoms in total. The van der Waals surface area contributed by atoms with Gasteiger partial charge in [-0.25, -0.2) is 5.43 Å². The lowest BCUT2D eigenvalue weighted by atomic mass is 9.89. The number of carbonyl (C=O) groups excluding carboxylic acids is 1. The van der Waals surface area contributed by atoms with Crippen molar-refractivity contribution >= 4 is 11.6 Å². The van der Waals surface area contributed by atoms with E-state index in [9.17, 15) is 4.79 Å². The molecule has 0 bridgehead atoms. The summed E-state index contributed by atoms with van der Waals surface area (Å²) in [6.07, 6.45) is 4.46. The Morgan fingerprint density at radius 1 is 1.04 bits per heavy atom. The average Bonchev–Trinajstić information content (AvgIpc) is 2.71. The summed E-state index contributed by atoms with van der Waals surface area (Å²) in [5.41, 5.74) is 4.24. The van der Waals surface area contributed by atoms with Crippen molar-refractivity contribution in [1.29, 1.82) is 0 Å². The largest absolute Gasteiger partial charge is 0.490 e. The summed E-state index contributed by atoms with van der Waals surface area (Å²) in [6, 6.07) is 16.8. The molecule has 5 heteroatoms. The number of benzene rings is 2. The fourth-order valence-corrected chi connectivity index (χ4v) is 3.13. The number of hydrazone groups is 1. The molecular weight excluding hydrogens is 340 g/mol. The zero-order valence-electron chi connectivity index (χ0n) is 15.7. The summed E-state index contributed by atoms with van der Waals surface area (Å²) in [5.74, 6) is 1.51. The summed E-state index contributed by atoms with van der Waals surface area (Å²) < 4.78 is 11.4. The molecular formula is C22H26N2O3. The van der Waals surface area contributed by atoms with Gasteiger partial charge in [0.25, 0.3) is 5.91 Å². The number of para-hydroxylation sites is 2. The fraction of sp³-hybridized carbons (Fsp3) is 0.364. The molecule has 0 aliphatic heterocycles. The van der Waals surface area contributed by atoms with Crippen LogP contribution in [0.1, 0.15) is 43.0 Å². The van der Waals surface area contributed by atoms with Crippen LogP contribution in [0.4, 0.5) is 0 Å². The van der Waals surface area contributed by atoms with Gasteiger partial charge in [-0.15, -0.1) is 0 Å². The zero-order chi connectivity index (χ0) is 18.9. The van der Waals surface area contributed by atoms with Crippen LogP contribution >= 0.6 is 0 Å². The molecule has 0 spiro atoms. The minimum atomic E-state index is -0.250. The normalized spacial score (nSPS) is 18.1. The molecule has 1 saturated carbocycles. The number of rotatable bonds is 7. The summed E-state index contributed by atoms with van der Waals surface area (Å²) in [5, 5.41) is 4.35. The maximum atomic E-state index is 12.5. The van der Waals surface area contributed by atoms with Gasteiger partial charge in [-0.3, -0.25) is 4.79 Å². The first-order valence-corrected chi connectivity index (χ1v) is 9.50. The van der Waals surface area contributed by atoms with E-state index in [1.54, 1.807) is 12.1 Å². The Labute approximate surface area is 160 Å². The minimum Gasteiger partial charge on any atom is -0.490 e. The van der Waals surface area contributed by atoms with Crippen LogP contribution in [-0.4, -0.2) is 24.8 Å². The number of nitrogens with zero attached hydrogens (tertiary/aromatic N) is 1. The molecule has 0 saturated heterocycles. The Bertz CT molecular complexity index is 774. The predicted molar refractivity (Wildman–Crippen MR) is 106 cm³/mol. The molecule has 0 radical (unpaired) electrons. The highest BCUT2D eigenvalue weighted by atomic mass is 16.5. The third kappa shape index (κ3) is 5.58. The van der Waals surface area contributed by atoms with Gasteiger partial charge in [-0.05, 0) is 49.4 Å². The summed E-state index contributed by atoms with van der Waals surface area (Å²) in [4.78, 5) is 12.5. The monoisotopic (exact) mass is 366 g/mol. The molecule has 1 N–H and O–H groups in total. The Morgan fingerprint density at radius 2 is 1.78 bits per heavy atom. The van der Waals surface area contributed by atoms with E-state index in [2.05, 4.69) is 17.5 Å². The van der Waals surface area contributed by atoms with Crippen molar-refractivity contribution in [2.45, 2.75) is 32.6 Å². The molecule has 0 unspecified atom stereocenters. The number of hydrogen-bond donors (Lipinski definition) is 1. The Kier molecular flexibility index (Phi) is 6.85. The van der Waals surface area contributed by atoms with Gasteiger partial charge >= 0.3 is 0 Å². The highest BCUT2D eigenvalue weighted by Gasteiger charge is 2.17. The molecule has 1 amide bonds. The maximum absolute atomic E-state index is 12.5. The third-order valence-corrected chi connectivity index (χ3v) is 4.67. The Morgan fingerprint density at radius 3 is 2.59 bits per heavy atom. The van der Waals surface area contributed by atoms with E-state index in [1.165, 1.54) is 6.42 Å². The van der Waals surface area contributed by atoms with E-state index in [1.807, 2.05) is 42.5 Å². The molecule has 1 atom stereocenters. The van der Waals surface area contributed by atoms with Crippen LogP contribution in [0.25, 0.3) is 0 Å². The number of carbonyl (C=O) groups is 1. The molecule has 0 aromatic heterocycles. The van der Waals surface area contributed by atoms with Crippen molar-refractivity contribution in [3.63, 3.8) is 0 Å². The smallest absolute Gasteiger partial charge is 0.275 e. The zero-order valence-corrected chi connectivity index (χ0v) is 15.7. The van der Waals surface area contributed by atoms with Gasteiger partial charge in [0.2, 0.25) is 0 Å². The van der Waals surface area contributed by atoms with E-state index in [0.717, 1.165) is 30.7 Å². The van der Waals surface area contributed by atoms with Crippen molar-refractivity contribution in [2.75, 3.05) is 13.2 Å². The van der Waals surface area contributed by atoms with Crippen molar-refractivity contribution in [1.82, 2.24) is 5.43 Å². The van der Waals surface area contributed by atoms with E-state index in [4.69, 9.17) is 9.47 Å². The number of nitrogens with one attached hydrogen (secondary N) is 1. The number of hydrogen-bond acceptors (Lipinski definition) is 4. The standard InChI is InChI=1S/C22H26N2O3/c1-17-9-5-7-13-20(17)23-24-22(25)19-12-6-8-14-21(19)27-16-15-26-18-10-3-2-4-11-18/h2-4,6,8,10-12,14,17H,5,7,9,13,15-16H2,1H3,(H,24,25)/b23-20-/t17-/m1/s1. The van der Waals surface area contributed by atoms with Crippen molar-refractivity contribution in [2.24, 2.45) is 11.0 Å². The molecule has 27 heavy (non-hydrogen) atoms. The van der Waals surface area contributed by atoms with Crippen molar-refractivity contribution < 1.29 is 14.3 Å². The van der Waals surface area contributed by atoms with E-state index in [0.29, 0.717) is 30.4 Å². The van der Waals surface area contributed by atoms with E-state index in [-0.39, 0.29) is 5.91 Å². The first-order chi connectivity index (χ1) is 13.2. The summed E-state index contributed by atoms with van der Waals surface area (Å²) in [7, 11) is 0. The van der Waals surface area contributed by atoms with Crippen molar-refractivity contribution in [3.05, 3.63) is 60.2 Å². The van der Waals surface area contributed by atoms with Gasteiger partial charge in [0.05, 0.1) is 5.56 Å². The van der Waals surface area contributed by atoms with Gasteiger partial charge in [0.1, 0.15) is 24.7 Å². The Balaban J connectivity index is 1.54. The van der Waals surface area contributed by atoms with Crippen LogP contribution in [0.15, 0.2) is 59.7 Å². The quantitative estimate of drug-likeness (QED) is 0.582. The highest BCUT2D eigenvalue weighted by Crippen LogP contribution is 2.21. The van der Waals surface area contributed by atoms with Crippen LogP contribution in [0.3, 0.4) is 0 Å². The second kappa shape index (κ2) is 9.76. The van der Waals surface area contributed by atoms with Gasteiger partial charge < -0.3 is 9.47 Å².